The molecule has 29 heavy (non-hydrogen) atoms. The molecule has 1 heterocycles. The normalized spacial score (nSPS) is 13.1. The SMILES string of the molecule is CC(C)CC(=O)Nc1ccc2c(c1)N(CCCOc1ccc(Cl)cc1)C(=O)CO2. The zero-order chi connectivity index (χ0) is 20.8. The molecule has 3 rings (SSSR count). The van der Waals surface area contributed by atoms with Crippen LogP contribution in [-0.2, 0) is 9.59 Å². The number of nitrogens with zero attached hydrogens (tertiary/aromatic N) is 1. The van der Waals surface area contributed by atoms with E-state index >= 15 is 0 Å². The largest absolute Gasteiger partial charge is 0.494 e. The van der Waals surface area contributed by atoms with Gasteiger partial charge in [0.25, 0.3) is 5.91 Å². The number of nitrogens with one attached hydrogen (secondary N) is 1. The fraction of sp³-hybridized carbons (Fsp3) is 0.364. The molecule has 0 saturated heterocycles. The number of fused-ring (bicyclic) bond motifs is 1. The fourth-order valence-electron chi connectivity index (χ4n) is 3.05. The van der Waals surface area contributed by atoms with Crippen molar-refractivity contribution in [3.8, 4) is 11.5 Å². The Morgan fingerprint density at radius 3 is 2.72 bits per heavy atom. The highest BCUT2D eigenvalue weighted by Crippen LogP contribution is 2.34. The molecule has 1 aliphatic rings. The maximum Gasteiger partial charge on any atom is 0.265 e. The third-order valence-corrected chi connectivity index (χ3v) is 4.64. The van der Waals surface area contributed by atoms with Gasteiger partial charge in [0.05, 0.1) is 12.3 Å². The molecule has 0 spiro atoms. The van der Waals surface area contributed by atoms with Crippen molar-refractivity contribution in [2.45, 2.75) is 26.7 Å². The lowest BCUT2D eigenvalue weighted by molar-refractivity contribution is -0.121. The summed E-state index contributed by atoms with van der Waals surface area (Å²) in [7, 11) is 0. The number of hydrogen-bond donors (Lipinski definition) is 1. The molecular weight excluding hydrogens is 392 g/mol. The summed E-state index contributed by atoms with van der Waals surface area (Å²) in [4.78, 5) is 26.1. The standard InChI is InChI=1S/C22H25ClN2O4/c1-15(2)12-21(26)24-17-6-9-20-19(13-17)25(22(27)14-29-20)10-3-11-28-18-7-4-16(23)5-8-18/h4-9,13,15H,3,10-12,14H2,1-2H3,(H,24,26). The molecule has 0 fully saturated rings. The Morgan fingerprint density at radius 2 is 2.00 bits per heavy atom. The van der Waals surface area contributed by atoms with Crippen LogP contribution in [0.4, 0.5) is 11.4 Å². The van der Waals surface area contributed by atoms with Gasteiger partial charge in [0.1, 0.15) is 11.5 Å². The second-order valence-electron chi connectivity index (χ2n) is 7.32. The quantitative estimate of drug-likeness (QED) is 0.642. The first-order valence-electron chi connectivity index (χ1n) is 9.68. The number of benzene rings is 2. The number of rotatable bonds is 8. The summed E-state index contributed by atoms with van der Waals surface area (Å²) in [5.74, 6) is 1.47. The van der Waals surface area contributed by atoms with Crippen LogP contribution in [0.5, 0.6) is 11.5 Å². The highest BCUT2D eigenvalue weighted by Gasteiger charge is 2.25. The van der Waals surface area contributed by atoms with Crippen molar-refractivity contribution in [3.05, 3.63) is 47.5 Å². The molecule has 0 saturated carbocycles. The van der Waals surface area contributed by atoms with Crippen molar-refractivity contribution in [3.63, 3.8) is 0 Å². The molecule has 154 valence electrons. The Labute approximate surface area is 175 Å². The highest BCUT2D eigenvalue weighted by molar-refractivity contribution is 6.30. The first-order chi connectivity index (χ1) is 13.9. The second-order valence-corrected chi connectivity index (χ2v) is 7.76. The van der Waals surface area contributed by atoms with Gasteiger partial charge in [-0.25, -0.2) is 0 Å². The monoisotopic (exact) mass is 416 g/mol. The molecule has 0 bridgehead atoms. The molecule has 0 aliphatic carbocycles. The Balaban J connectivity index is 1.62. The molecule has 0 unspecified atom stereocenters. The Bertz CT molecular complexity index is 868. The summed E-state index contributed by atoms with van der Waals surface area (Å²) in [5, 5.41) is 3.54. The molecule has 0 aromatic heterocycles. The molecule has 2 amide bonds. The lowest BCUT2D eigenvalue weighted by Gasteiger charge is -2.30. The van der Waals surface area contributed by atoms with E-state index in [1.54, 1.807) is 35.2 Å². The van der Waals surface area contributed by atoms with Gasteiger partial charge in [-0.1, -0.05) is 25.4 Å². The van der Waals surface area contributed by atoms with E-state index < -0.39 is 0 Å². The smallest absolute Gasteiger partial charge is 0.265 e. The molecule has 0 atom stereocenters. The van der Waals surface area contributed by atoms with Gasteiger partial charge in [-0.3, -0.25) is 9.59 Å². The topological polar surface area (TPSA) is 67.9 Å². The van der Waals surface area contributed by atoms with Crippen LogP contribution in [0, 0.1) is 5.92 Å². The van der Waals surface area contributed by atoms with Crippen molar-refractivity contribution in [2.24, 2.45) is 5.92 Å². The zero-order valence-electron chi connectivity index (χ0n) is 16.6. The van der Waals surface area contributed by atoms with Crippen LogP contribution in [-0.4, -0.2) is 31.6 Å². The van der Waals surface area contributed by atoms with Crippen molar-refractivity contribution in [2.75, 3.05) is 30.0 Å². The summed E-state index contributed by atoms with van der Waals surface area (Å²) in [6, 6.07) is 12.5. The minimum Gasteiger partial charge on any atom is -0.494 e. The van der Waals surface area contributed by atoms with E-state index in [-0.39, 0.29) is 24.3 Å². The van der Waals surface area contributed by atoms with Crippen molar-refractivity contribution in [1.29, 1.82) is 0 Å². The number of carbonyl (C=O) groups excluding carboxylic acids is 2. The Kier molecular flexibility index (Phi) is 6.99. The van der Waals surface area contributed by atoms with Crippen LogP contribution in [0.15, 0.2) is 42.5 Å². The minimum absolute atomic E-state index is 0.00406. The van der Waals surface area contributed by atoms with Crippen molar-refractivity contribution < 1.29 is 19.1 Å². The van der Waals surface area contributed by atoms with Gasteiger partial charge in [-0.15, -0.1) is 0 Å². The van der Waals surface area contributed by atoms with E-state index in [1.807, 2.05) is 26.0 Å². The fourth-order valence-corrected chi connectivity index (χ4v) is 3.18. The summed E-state index contributed by atoms with van der Waals surface area (Å²) in [6.07, 6.45) is 1.09. The van der Waals surface area contributed by atoms with Gasteiger partial charge in [-0.2, -0.15) is 0 Å². The summed E-state index contributed by atoms with van der Waals surface area (Å²) in [5.41, 5.74) is 1.31. The van der Waals surface area contributed by atoms with Gasteiger partial charge >= 0.3 is 0 Å². The number of halogens is 1. The molecule has 2 aromatic rings. The van der Waals surface area contributed by atoms with Gasteiger partial charge in [0.2, 0.25) is 5.91 Å². The van der Waals surface area contributed by atoms with Crippen LogP contribution >= 0.6 is 11.6 Å². The van der Waals surface area contributed by atoms with Gasteiger partial charge in [-0.05, 0) is 54.8 Å². The van der Waals surface area contributed by atoms with E-state index in [4.69, 9.17) is 21.1 Å². The number of carbonyl (C=O) groups is 2. The van der Waals surface area contributed by atoms with E-state index in [0.29, 0.717) is 48.1 Å². The van der Waals surface area contributed by atoms with Gasteiger partial charge < -0.3 is 19.7 Å². The molecule has 7 heteroatoms. The third kappa shape index (κ3) is 5.87. The van der Waals surface area contributed by atoms with Gasteiger partial charge in [0, 0.05) is 23.7 Å². The molecule has 2 aromatic carbocycles. The Morgan fingerprint density at radius 1 is 1.24 bits per heavy atom. The molecule has 0 radical (unpaired) electrons. The average Bonchev–Trinajstić information content (AvgIpc) is 2.67. The van der Waals surface area contributed by atoms with Crippen LogP contribution in [0.3, 0.4) is 0 Å². The molecular formula is C22H25ClN2O4. The summed E-state index contributed by atoms with van der Waals surface area (Å²) in [6.45, 7) is 4.95. The maximum atomic E-state index is 12.4. The number of hydrogen-bond acceptors (Lipinski definition) is 4. The number of ether oxygens (including phenoxy) is 2. The predicted octanol–water partition coefficient (Wildman–Crippen LogP) is 4.52. The van der Waals surface area contributed by atoms with E-state index in [9.17, 15) is 9.59 Å². The third-order valence-electron chi connectivity index (χ3n) is 4.39. The van der Waals surface area contributed by atoms with Crippen molar-refractivity contribution >= 4 is 34.8 Å². The molecule has 1 aliphatic heterocycles. The summed E-state index contributed by atoms with van der Waals surface area (Å²) >= 11 is 5.87. The van der Waals surface area contributed by atoms with Crippen LogP contribution in [0.1, 0.15) is 26.7 Å². The molecule has 6 nitrogen and oxygen atoms in total. The summed E-state index contributed by atoms with van der Waals surface area (Å²) < 4.78 is 11.2. The zero-order valence-corrected chi connectivity index (χ0v) is 17.4. The van der Waals surface area contributed by atoms with Crippen molar-refractivity contribution in [1.82, 2.24) is 0 Å². The number of anilines is 2. The Hall–Kier alpha value is -2.73. The lowest BCUT2D eigenvalue weighted by atomic mass is 10.1. The van der Waals surface area contributed by atoms with E-state index in [1.165, 1.54) is 0 Å². The highest BCUT2D eigenvalue weighted by atomic mass is 35.5. The van der Waals surface area contributed by atoms with Crippen LogP contribution in [0.25, 0.3) is 0 Å². The lowest BCUT2D eigenvalue weighted by Crippen LogP contribution is -2.39. The van der Waals surface area contributed by atoms with Gasteiger partial charge in [0.15, 0.2) is 6.61 Å². The predicted molar refractivity (Wildman–Crippen MR) is 114 cm³/mol. The van der Waals surface area contributed by atoms with E-state index in [2.05, 4.69) is 5.32 Å². The minimum atomic E-state index is -0.116. The van der Waals surface area contributed by atoms with E-state index in [0.717, 1.165) is 5.75 Å². The maximum absolute atomic E-state index is 12.4. The van der Waals surface area contributed by atoms with Crippen LogP contribution < -0.4 is 19.7 Å². The second kappa shape index (κ2) is 9.65. The first kappa shape index (κ1) is 21.0. The van der Waals surface area contributed by atoms with Crippen LogP contribution in [0.2, 0.25) is 5.02 Å². The molecule has 1 N–H and O–H groups in total. The number of amides is 2. The average molecular weight is 417 g/mol. The first-order valence-corrected chi connectivity index (χ1v) is 10.1.